The van der Waals surface area contributed by atoms with Gasteiger partial charge in [0.1, 0.15) is 22.1 Å². The number of rotatable bonds is 26. The van der Waals surface area contributed by atoms with E-state index >= 15 is 0 Å². The van der Waals surface area contributed by atoms with E-state index in [-0.39, 0.29) is 39.4 Å². The van der Waals surface area contributed by atoms with Crippen LogP contribution in [-0.4, -0.2) is 35.9 Å². The van der Waals surface area contributed by atoms with Gasteiger partial charge in [-0.1, -0.05) is 390 Å². The molecule has 23 heteroatoms. The van der Waals surface area contributed by atoms with Crippen LogP contribution in [-0.2, 0) is 33.3 Å². The summed E-state index contributed by atoms with van der Waals surface area (Å²) in [4.78, 5) is 16.3. The van der Waals surface area contributed by atoms with E-state index in [4.69, 9.17) is 0 Å². The number of unbranched alkanes of at least 4 members (excludes halogenated alkanes) is 6. The van der Waals surface area contributed by atoms with Gasteiger partial charge in [0.15, 0.2) is 23.3 Å². The van der Waals surface area contributed by atoms with Crippen molar-refractivity contribution in [3.8, 4) is 29.9 Å². The van der Waals surface area contributed by atoms with Gasteiger partial charge in [-0.05, 0) is 180 Å². The molecule has 0 bridgehead atoms. The minimum absolute atomic E-state index is 0. The molecule has 0 unspecified atom stereocenters. The molecule has 0 aliphatic heterocycles. The van der Waals surface area contributed by atoms with Gasteiger partial charge in [-0.3, -0.25) is 0 Å². The molecule has 0 radical (unpaired) electrons. The van der Waals surface area contributed by atoms with Crippen molar-refractivity contribution in [1.29, 1.82) is 0 Å². The summed E-state index contributed by atoms with van der Waals surface area (Å²) in [6.45, 7) is 4.49. The van der Waals surface area contributed by atoms with Crippen LogP contribution in [0, 0.1) is 23.3 Å². The second-order valence-corrected chi connectivity index (χ2v) is 64.8. The third-order valence-electron chi connectivity index (χ3n) is 21.8. The molecule has 4 nitrogen and oxygen atoms in total. The van der Waals surface area contributed by atoms with Crippen LogP contribution in [0.4, 0.5) is 17.6 Å². The normalized spacial score (nSPS) is 11.0. The van der Waals surface area contributed by atoms with E-state index in [0.717, 1.165) is 39.6 Å². The Morgan fingerprint density at radius 3 is 0.696 bits per heavy atom. The first-order valence-corrected chi connectivity index (χ1v) is 67.9. The number of thiophene rings is 4. The standard InChI is InChI=1S/C20H17BrF2N2S3.4C18H15P.C14H17S2.C6Br2F2N2S.3CH3.Pd.Sn/c1-2-3-4-5-6-11-7-8-12(26-11)13-9-10-14(27-13)15-17(22)18(23)16(21)20-19(15)24-28-25-20;4*1-4-10-16(11-5-1)19(17-12-6-2-7-13-17)18-14-8-3-9-15-18;1-2-3-4-5-7-12-9-10-14(16-12)13-8-6-11-15-13;7-1-3(9)4(10)2(8)6-5(1)11-13-12-6;;;;;/h7-10H,2-6H2,1H3;4*1-15H;6,8-10H,2-5,7H2,1H3;;3*1H3;;. The van der Waals surface area contributed by atoms with E-state index in [2.05, 4.69) is 494 Å². The number of benzene rings is 14. The Labute approximate surface area is 882 Å². The predicted molar refractivity (Wildman–Crippen MR) is 611 cm³/mol. The fraction of sp³-hybridized carbons (Fsp3) is 0.130. The minimum Gasteiger partial charge on any atom is -0.203 e. The van der Waals surface area contributed by atoms with Crippen LogP contribution in [0.3, 0.4) is 0 Å². The molecule has 702 valence electrons. The molecule has 0 spiro atoms. The summed E-state index contributed by atoms with van der Waals surface area (Å²) in [5.74, 6) is -3.71. The SMILES string of the molecule is CCCCCCc1ccc(-c2cc[c]([Sn]([CH3])([CH3])[CH3])s2)s1.CCCCCCc1ccc(-c2ccc(-c3c(F)c(F)c(Br)c4nsnc34)s2)s1.Fc1c(F)c(Br)c2nsnc2c1Br.[Pd].c1ccc(P(c2ccccc2)c2ccccc2)cc1.c1ccc(P(c2ccccc2)c2ccccc2)cc1.c1ccc(P(c2ccccc2)c2ccccc2)cc1.c1ccc(P(c2ccccc2)c2ccccc2)cc1. The van der Waals surface area contributed by atoms with Gasteiger partial charge in [0.2, 0.25) is 0 Å². The maximum absolute atomic E-state index is 14.7. The quantitative estimate of drug-likeness (QED) is 0.0135. The number of halogens is 7. The zero-order chi connectivity index (χ0) is 95.5. The molecule has 0 N–H and O–H groups in total. The van der Waals surface area contributed by atoms with Gasteiger partial charge in [0, 0.05) is 39.9 Å². The topological polar surface area (TPSA) is 51.6 Å². The first-order chi connectivity index (χ1) is 67.0. The molecule has 0 aliphatic rings. The van der Waals surface area contributed by atoms with E-state index in [1.54, 1.807) is 19.1 Å². The number of nitrogens with zero attached hydrogens (tertiary/aromatic N) is 4. The summed E-state index contributed by atoms with van der Waals surface area (Å²) in [6.07, 6.45) is 12.8. The molecule has 0 amide bonds. The number of fused-ring (bicyclic) bond motifs is 2. The first-order valence-electron chi connectivity index (χ1n) is 45.5. The zero-order valence-electron chi connectivity index (χ0n) is 76.8. The van der Waals surface area contributed by atoms with Crippen LogP contribution in [0.1, 0.15) is 75.0 Å². The first kappa shape index (κ1) is 107. The monoisotopic (exact) mass is 2390 g/mol. The Bertz CT molecular complexity index is 6090. The predicted octanol–water partition coefficient (Wildman–Crippen LogP) is 31.7. The average Bonchev–Trinajstić information content (AvgIpc) is 1.59. The number of hydrogen-bond donors (Lipinski definition) is 0. The molecule has 6 aromatic heterocycles. The van der Waals surface area contributed by atoms with Crippen molar-refractivity contribution >= 4 is 255 Å². The summed E-state index contributed by atoms with van der Waals surface area (Å²) < 4.78 is 72.9. The number of aryl methyl sites for hydroxylation is 2. The molecule has 20 aromatic rings. The summed E-state index contributed by atoms with van der Waals surface area (Å²) in [5.41, 5.74) is 1.61. The van der Waals surface area contributed by atoms with Gasteiger partial charge in [0.05, 0.1) is 42.4 Å². The summed E-state index contributed by atoms with van der Waals surface area (Å²) in [5, 5.41) is 16.8. The molecular weight excluding hydrogens is 2290 g/mol. The summed E-state index contributed by atoms with van der Waals surface area (Å²) >= 11 is 16.2. The molecular formula is C115H103Br3F4N4P4PdS6Sn. The minimum atomic E-state index is -1.87. The Morgan fingerprint density at radius 2 is 0.449 bits per heavy atom. The van der Waals surface area contributed by atoms with Gasteiger partial charge in [-0.2, -0.15) is 17.5 Å². The van der Waals surface area contributed by atoms with E-state index in [9.17, 15) is 17.6 Å². The molecule has 0 fully saturated rings. The third kappa shape index (κ3) is 30.0. The van der Waals surface area contributed by atoms with Crippen LogP contribution in [0.2, 0.25) is 14.8 Å². The molecule has 0 aliphatic carbocycles. The van der Waals surface area contributed by atoms with Gasteiger partial charge in [0.25, 0.3) is 0 Å². The largest absolute Gasteiger partial charge is 0.203 e. The zero-order valence-corrected chi connectivity index (χ0v) is 94.5. The van der Waals surface area contributed by atoms with E-state index in [0.29, 0.717) is 26.9 Å². The second-order valence-electron chi connectivity index (χ2n) is 32.6. The van der Waals surface area contributed by atoms with Crippen molar-refractivity contribution in [2.45, 2.75) is 92.9 Å². The smallest absolute Gasteiger partial charge is 0.176 e. The van der Waals surface area contributed by atoms with Crippen LogP contribution < -0.4 is 66.5 Å². The summed E-state index contributed by atoms with van der Waals surface area (Å²) in [6, 6.07) is 147. The van der Waals surface area contributed by atoms with Crippen LogP contribution in [0.15, 0.2) is 426 Å². The third-order valence-corrected chi connectivity index (χ3v) is 49.1. The van der Waals surface area contributed by atoms with Crippen molar-refractivity contribution < 1.29 is 38.0 Å². The van der Waals surface area contributed by atoms with Gasteiger partial charge in [-0.25, -0.2) is 17.6 Å². The molecule has 20 rings (SSSR count). The van der Waals surface area contributed by atoms with Crippen molar-refractivity contribution in [2.24, 2.45) is 0 Å². The Morgan fingerprint density at radius 1 is 0.239 bits per heavy atom. The van der Waals surface area contributed by atoms with Crippen molar-refractivity contribution in [3.63, 3.8) is 0 Å². The Balaban J connectivity index is 0.000000137. The van der Waals surface area contributed by atoms with Crippen LogP contribution >= 0.6 is 148 Å². The second kappa shape index (κ2) is 56.1. The van der Waals surface area contributed by atoms with Crippen molar-refractivity contribution in [3.05, 3.63) is 459 Å². The Hall–Kier alpha value is -8.14. The van der Waals surface area contributed by atoms with E-state index in [1.165, 1.54) is 147 Å². The Kier molecular flexibility index (Phi) is 43.5. The fourth-order valence-electron chi connectivity index (χ4n) is 14.9. The van der Waals surface area contributed by atoms with Gasteiger partial charge < -0.3 is 0 Å². The fourth-order valence-corrected chi connectivity index (χ4v) is 36.6. The molecule has 0 atom stereocenters. The summed E-state index contributed by atoms with van der Waals surface area (Å²) in [7, 11) is -1.78. The van der Waals surface area contributed by atoms with Crippen molar-refractivity contribution in [2.75, 3.05) is 0 Å². The molecule has 0 saturated carbocycles. The maximum atomic E-state index is 14.7. The average molecular weight is 2400 g/mol. The number of aromatic nitrogens is 4. The number of hydrogen-bond acceptors (Lipinski definition) is 10. The molecule has 14 aromatic carbocycles. The van der Waals surface area contributed by atoms with Gasteiger partial charge in [-0.15, -0.1) is 22.7 Å². The van der Waals surface area contributed by atoms with E-state index < -0.39 is 73.3 Å². The molecule has 6 heterocycles. The molecule has 138 heavy (non-hydrogen) atoms. The molecule has 0 saturated heterocycles. The van der Waals surface area contributed by atoms with Crippen LogP contribution in [0.25, 0.3) is 52.0 Å². The maximum Gasteiger partial charge on any atom is 0.176 e. The van der Waals surface area contributed by atoms with Crippen molar-refractivity contribution in [1.82, 2.24) is 17.5 Å². The van der Waals surface area contributed by atoms with Crippen LogP contribution in [0.5, 0.6) is 0 Å². The van der Waals surface area contributed by atoms with Gasteiger partial charge >= 0.3 is 137 Å². The van der Waals surface area contributed by atoms with E-state index in [1.807, 2.05) is 34.8 Å².